The molecule has 0 aromatic heterocycles. The van der Waals surface area contributed by atoms with E-state index < -0.39 is 15.9 Å². The van der Waals surface area contributed by atoms with E-state index in [1.165, 1.54) is 18.2 Å². The largest absolute Gasteiger partial charge is 0.349 e. The summed E-state index contributed by atoms with van der Waals surface area (Å²) < 4.78 is 25.3. The van der Waals surface area contributed by atoms with Gasteiger partial charge in [-0.15, -0.1) is 0 Å². The van der Waals surface area contributed by atoms with Crippen molar-refractivity contribution >= 4 is 21.8 Å². The second kappa shape index (κ2) is 4.56. The first-order chi connectivity index (χ1) is 9.86. The van der Waals surface area contributed by atoms with E-state index in [-0.39, 0.29) is 34.5 Å². The molecule has 1 aromatic rings. The lowest BCUT2D eigenvalue weighted by atomic mass is 10.1. The van der Waals surface area contributed by atoms with Gasteiger partial charge in [-0.2, -0.15) is 0 Å². The number of carbonyl (C=O) groups excluding carboxylic acids is 2. The van der Waals surface area contributed by atoms with E-state index in [9.17, 15) is 18.0 Å². The normalized spacial score (nSPS) is 25.6. The standard InChI is InChI=1S/C14H16N2O4S/c1-3-16-14(18)10-5-4-9(7-12(10)21(16,19)20)13(17)15-11-6-8(11)2/h4-5,7-8,11H,3,6H2,1-2H3,(H,15,17)/t8-,11-/m1/s1. The maximum atomic E-state index is 12.3. The molecule has 1 heterocycles. The third kappa shape index (κ3) is 2.12. The van der Waals surface area contributed by atoms with E-state index in [1.54, 1.807) is 6.92 Å². The quantitative estimate of drug-likeness (QED) is 0.902. The summed E-state index contributed by atoms with van der Waals surface area (Å²) in [5.41, 5.74) is 0.398. The van der Waals surface area contributed by atoms with E-state index in [1.807, 2.05) is 6.92 Å². The number of hydrogen-bond donors (Lipinski definition) is 1. The Morgan fingerprint density at radius 2 is 2.10 bits per heavy atom. The number of nitrogens with one attached hydrogen (secondary N) is 1. The van der Waals surface area contributed by atoms with Crippen molar-refractivity contribution in [1.29, 1.82) is 0 Å². The molecular formula is C14H16N2O4S. The topological polar surface area (TPSA) is 83.6 Å². The number of fused-ring (bicyclic) bond motifs is 1. The fraction of sp³-hybridized carbons (Fsp3) is 0.429. The summed E-state index contributed by atoms with van der Waals surface area (Å²) in [6.45, 7) is 3.72. The Labute approximate surface area is 123 Å². The van der Waals surface area contributed by atoms with Crippen molar-refractivity contribution in [3.8, 4) is 0 Å². The van der Waals surface area contributed by atoms with Crippen LogP contribution in [0, 0.1) is 5.92 Å². The van der Waals surface area contributed by atoms with Crippen molar-refractivity contribution in [2.24, 2.45) is 5.92 Å². The van der Waals surface area contributed by atoms with Crippen molar-refractivity contribution in [2.45, 2.75) is 31.2 Å². The number of nitrogens with zero attached hydrogens (tertiary/aromatic N) is 1. The number of rotatable bonds is 3. The number of benzene rings is 1. The SMILES string of the molecule is CCN1C(=O)c2ccc(C(=O)N[C@@H]3C[C@H]3C)cc2S1(=O)=O. The minimum absolute atomic E-state index is 0.0779. The minimum Gasteiger partial charge on any atom is -0.349 e. The van der Waals surface area contributed by atoms with Gasteiger partial charge in [0.25, 0.3) is 21.8 Å². The molecule has 1 aromatic carbocycles. The first-order valence-corrected chi connectivity index (χ1v) is 8.32. The first kappa shape index (κ1) is 14.1. The summed E-state index contributed by atoms with van der Waals surface area (Å²) in [6.07, 6.45) is 0.942. The summed E-state index contributed by atoms with van der Waals surface area (Å²) in [4.78, 5) is 24.0. The van der Waals surface area contributed by atoms with Crippen LogP contribution in [0.3, 0.4) is 0 Å². The number of carbonyl (C=O) groups is 2. The van der Waals surface area contributed by atoms with E-state index >= 15 is 0 Å². The highest BCUT2D eigenvalue weighted by Gasteiger charge is 2.41. The van der Waals surface area contributed by atoms with E-state index in [0.29, 0.717) is 5.92 Å². The molecule has 7 heteroatoms. The highest BCUT2D eigenvalue weighted by atomic mass is 32.2. The van der Waals surface area contributed by atoms with E-state index in [0.717, 1.165) is 10.7 Å². The second-order valence-electron chi connectivity index (χ2n) is 5.48. The highest BCUT2D eigenvalue weighted by molar-refractivity contribution is 7.90. The molecule has 1 fully saturated rings. The Balaban J connectivity index is 1.96. The van der Waals surface area contributed by atoms with Gasteiger partial charge in [0, 0.05) is 18.2 Å². The van der Waals surface area contributed by atoms with Gasteiger partial charge < -0.3 is 5.32 Å². The van der Waals surface area contributed by atoms with E-state index in [2.05, 4.69) is 5.32 Å². The van der Waals surface area contributed by atoms with Gasteiger partial charge in [-0.25, -0.2) is 12.7 Å². The van der Waals surface area contributed by atoms with Gasteiger partial charge in [0.1, 0.15) is 4.90 Å². The molecule has 3 rings (SSSR count). The molecule has 1 aliphatic carbocycles. The van der Waals surface area contributed by atoms with Crippen LogP contribution >= 0.6 is 0 Å². The molecule has 1 aliphatic heterocycles. The fourth-order valence-corrected chi connectivity index (χ4v) is 4.11. The third-order valence-corrected chi connectivity index (χ3v) is 5.88. The zero-order valence-electron chi connectivity index (χ0n) is 11.8. The van der Waals surface area contributed by atoms with Crippen molar-refractivity contribution in [3.63, 3.8) is 0 Å². The van der Waals surface area contributed by atoms with Crippen molar-refractivity contribution < 1.29 is 18.0 Å². The smallest absolute Gasteiger partial charge is 0.268 e. The lowest BCUT2D eigenvalue weighted by Crippen LogP contribution is -2.29. The predicted molar refractivity (Wildman–Crippen MR) is 75.4 cm³/mol. The summed E-state index contributed by atoms with van der Waals surface area (Å²) >= 11 is 0. The van der Waals surface area contributed by atoms with Gasteiger partial charge in [-0.3, -0.25) is 9.59 Å². The van der Waals surface area contributed by atoms with Crippen molar-refractivity contribution in [1.82, 2.24) is 9.62 Å². The molecule has 0 bridgehead atoms. The lowest BCUT2D eigenvalue weighted by molar-refractivity contribution is 0.0874. The molecule has 0 unspecified atom stereocenters. The van der Waals surface area contributed by atoms with Gasteiger partial charge in [0.05, 0.1) is 5.56 Å². The molecule has 0 radical (unpaired) electrons. The number of sulfonamides is 1. The molecule has 6 nitrogen and oxygen atoms in total. The van der Waals surface area contributed by atoms with Crippen LogP contribution in [0.5, 0.6) is 0 Å². The van der Waals surface area contributed by atoms with Crippen LogP contribution in [0.1, 0.15) is 41.0 Å². The summed E-state index contributed by atoms with van der Waals surface area (Å²) in [7, 11) is -3.82. The minimum atomic E-state index is -3.82. The molecule has 1 saturated carbocycles. The Morgan fingerprint density at radius 1 is 1.43 bits per heavy atom. The van der Waals surface area contributed by atoms with Crippen LogP contribution in [0.2, 0.25) is 0 Å². The maximum absolute atomic E-state index is 12.3. The zero-order chi connectivity index (χ0) is 15.4. The Bertz CT molecular complexity index is 741. The molecule has 21 heavy (non-hydrogen) atoms. The van der Waals surface area contributed by atoms with Crippen LogP contribution in [0.15, 0.2) is 23.1 Å². The average molecular weight is 308 g/mol. The van der Waals surface area contributed by atoms with Gasteiger partial charge in [0.15, 0.2) is 0 Å². The summed E-state index contributed by atoms with van der Waals surface area (Å²) in [6, 6.07) is 4.36. The average Bonchev–Trinajstić information content (AvgIpc) is 3.08. The van der Waals surface area contributed by atoms with Gasteiger partial charge in [0.2, 0.25) is 0 Å². The molecule has 2 amide bonds. The zero-order valence-corrected chi connectivity index (χ0v) is 12.6. The first-order valence-electron chi connectivity index (χ1n) is 6.88. The number of amides is 2. The maximum Gasteiger partial charge on any atom is 0.268 e. The second-order valence-corrected chi connectivity index (χ2v) is 7.31. The van der Waals surface area contributed by atoms with Gasteiger partial charge in [-0.05, 0) is 37.5 Å². The Morgan fingerprint density at radius 3 is 2.67 bits per heavy atom. The van der Waals surface area contributed by atoms with Gasteiger partial charge >= 0.3 is 0 Å². The van der Waals surface area contributed by atoms with Crippen LogP contribution in [-0.4, -0.2) is 37.1 Å². The molecule has 2 aliphatic rings. The van der Waals surface area contributed by atoms with Gasteiger partial charge in [-0.1, -0.05) is 6.92 Å². The third-order valence-electron chi connectivity index (χ3n) is 3.98. The highest BCUT2D eigenvalue weighted by Crippen LogP contribution is 2.32. The van der Waals surface area contributed by atoms with Crippen LogP contribution in [-0.2, 0) is 10.0 Å². The molecule has 0 spiro atoms. The Hall–Kier alpha value is -1.89. The number of hydrogen-bond acceptors (Lipinski definition) is 4. The van der Waals surface area contributed by atoms with Crippen molar-refractivity contribution in [3.05, 3.63) is 29.3 Å². The molecule has 0 saturated heterocycles. The molecule has 112 valence electrons. The van der Waals surface area contributed by atoms with Crippen LogP contribution in [0.4, 0.5) is 0 Å². The Kier molecular flexibility index (Phi) is 3.05. The molecule has 2 atom stereocenters. The fourth-order valence-electron chi connectivity index (χ4n) is 2.50. The monoisotopic (exact) mass is 308 g/mol. The molecular weight excluding hydrogens is 292 g/mol. The van der Waals surface area contributed by atoms with Crippen molar-refractivity contribution in [2.75, 3.05) is 6.54 Å². The summed E-state index contributed by atoms with van der Waals surface area (Å²) in [5.74, 6) is -0.371. The summed E-state index contributed by atoms with van der Waals surface area (Å²) in [5, 5.41) is 2.84. The van der Waals surface area contributed by atoms with Crippen LogP contribution in [0.25, 0.3) is 0 Å². The van der Waals surface area contributed by atoms with Crippen LogP contribution < -0.4 is 5.32 Å². The lowest BCUT2D eigenvalue weighted by Gasteiger charge is -2.11. The molecule has 1 N–H and O–H groups in total. The predicted octanol–water partition coefficient (Wildman–Crippen LogP) is 0.989. The van der Waals surface area contributed by atoms with E-state index in [4.69, 9.17) is 0 Å².